The Kier molecular flexibility index (Phi) is 4.71. The van der Waals surface area contributed by atoms with Crippen LogP contribution >= 0.6 is 0 Å². The standard InChI is InChI=1S/C15H20N2O3/c1-10-4-2-5-11(8-7-10)17-14(18)13-12(15(19)20)6-3-9-16-13/h3,6,9-11H,2,4-5,7-8H2,1H3,(H,17,18)(H,19,20). The van der Waals surface area contributed by atoms with Gasteiger partial charge in [0.05, 0.1) is 5.56 Å². The quantitative estimate of drug-likeness (QED) is 0.831. The number of nitrogens with zero attached hydrogens (tertiary/aromatic N) is 1. The molecule has 1 amide bonds. The Hall–Kier alpha value is -1.91. The zero-order valence-corrected chi connectivity index (χ0v) is 11.6. The highest BCUT2D eigenvalue weighted by atomic mass is 16.4. The fourth-order valence-electron chi connectivity index (χ4n) is 2.64. The Labute approximate surface area is 118 Å². The van der Waals surface area contributed by atoms with Crippen molar-refractivity contribution in [3.8, 4) is 0 Å². The topological polar surface area (TPSA) is 79.3 Å². The van der Waals surface area contributed by atoms with Crippen LogP contribution in [0.15, 0.2) is 18.3 Å². The number of amides is 1. The number of rotatable bonds is 3. The molecule has 0 radical (unpaired) electrons. The van der Waals surface area contributed by atoms with Gasteiger partial charge in [0.25, 0.3) is 5.91 Å². The molecule has 1 aromatic heterocycles. The van der Waals surface area contributed by atoms with Crippen molar-refractivity contribution in [2.45, 2.75) is 45.1 Å². The van der Waals surface area contributed by atoms with Crippen molar-refractivity contribution in [3.05, 3.63) is 29.6 Å². The van der Waals surface area contributed by atoms with E-state index in [0.29, 0.717) is 5.92 Å². The Morgan fingerprint density at radius 3 is 2.85 bits per heavy atom. The minimum absolute atomic E-state index is 0.00250. The number of carboxylic acid groups (broad SMARTS) is 1. The van der Waals surface area contributed by atoms with Crippen LogP contribution in [-0.4, -0.2) is 28.0 Å². The van der Waals surface area contributed by atoms with Crippen molar-refractivity contribution in [1.29, 1.82) is 0 Å². The lowest BCUT2D eigenvalue weighted by Crippen LogP contribution is -2.35. The molecule has 5 heteroatoms. The van der Waals surface area contributed by atoms with Crippen LogP contribution in [0, 0.1) is 5.92 Å². The number of carbonyl (C=O) groups excluding carboxylic acids is 1. The van der Waals surface area contributed by atoms with Gasteiger partial charge in [-0.25, -0.2) is 4.79 Å². The van der Waals surface area contributed by atoms with Crippen molar-refractivity contribution in [3.63, 3.8) is 0 Å². The third-order valence-electron chi connectivity index (χ3n) is 3.85. The van der Waals surface area contributed by atoms with Crippen LogP contribution in [0.2, 0.25) is 0 Å². The Bertz CT molecular complexity index is 502. The zero-order valence-electron chi connectivity index (χ0n) is 11.6. The van der Waals surface area contributed by atoms with Crippen LogP contribution in [0.3, 0.4) is 0 Å². The van der Waals surface area contributed by atoms with E-state index >= 15 is 0 Å². The average molecular weight is 276 g/mol. The molecule has 0 aliphatic heterocycles. The minimum atomic E-state index is -1.13. The number of pyridine rings is 1. The predicted molar refractivity (Wildman–Crippen MR) is 74.7 cm³/mol. The van der Waals surface area contributed by atoms with Crippen molar-refractivity contribution in [2.75, 3.05) is 0 Å². The molecule has 1 heterocycles. The van der Waals surface area contributed by atoms with Crippen LogP contribution < -0.4 is 5.32 Å². The number of nitrogens with one attached hydrogen (secondary N) is 1. The highest BCUT2D eigenvalue weighted by molar-refractivity contribution is 6.03. The first-order valence-electron chi connectivity index (χ1n) is 7.07. The van der Waals surface area contributed by atoms with Gasteiger partial charge in [-0.05, 0) is 37.3 Å². The van der Waals surface area contributed by atoms with E-state index in [0.717, 1.165) is 25.7 Å². The maximum Gasteiger partial charge on any atom is 0.338 e. The van der Waals surface area contributed by atoms with Gasteiger partial charge in [0.1, 0.15) is 5.69 Å². The molecular formula is C15H20N2O3. The number of hydrogen-bond donors (Lipinski definition) is 2. The molecule has 1 saturated carbocycles. The maximum absolute atomic E-state index is 12.2. The second-order valence-corrected chi connectivity index (χ2v) is 5.49. The molecule has 20 heavy (non-hydrogen) atoms. The molecule has 0 spiro atoms. The van der Waals surface area contributed by atoms with Gasteiger partial charge in [-0.2, -0.15) is 0 Å². The molecule has 2 N–H and O–H groups in total. The summed E-state index contributed by atoms with van der Waals surface area (Å²) in [4.78, 5) is 27.2. The van der Waals surface area contributed by atoms with Gasteiger partial charge in [-0.15, -0.1) is 0 Å². The highest BCUT2D eigenvalue weighted by Gasteiger charge is 2.22. The Morgan fingerprint density at radius 2 is 2.10 bits per heavy atom. The molecule has 2 atom stereocenters. The van der Waals surface area contributed by atoms with Gasteiger partial charge < -0.3 is 10.4 Å². The third-order valence-corrected chi connectivity index (χ3v) is 3.85. The molecule has 1 fully saturated rings. The van der Waals surface area contributed by atoms with E-state index < -0.39 is 5.97 Å². The SMILES string of the molecule is CC1CCCC(NC(=O)c2ncccc2C(=O)O)CC1. The minimum Gasteiger partial charge on any atom is -0.478 e. The first-order chi connectivity index (χ1) is 9.58. The summed E-state index contributed by atoms with van der Waals surface area (Å²) in [6, 6.07) is 3.04. The van der Waals surface area contributed by atoms with Gasteiger partial charge in [-0.1, -0.05) is 19.8 Å². The highest BCUT2D eigenvalue weighted by Crippen LogP contribution is 2.22. The molecule has 0 bridgehead atoms. The molecular weight excluding hydrogens is 256 g/mol. The monoisotopic (exact) mass is 276 g/mol. The summed E-state index contributed by atoms with van der Waals surface area (Å²) in [7, 11) is 0. The lowest BCUT2D eigenvalue weighted by atomic mass is 10.0. The number of aromatic carboxylic acids is 1. The smallest absolute Gasteiger partial charge is 0.338 e. The van der Waals surface area contributed by atoms with E-state index in [2.05, 4.69) is 17.2 Å². The van der Waals surface area contributed by atoms with Crippen LogP contribution in [0.25, 0.3) is 0 Å². The lowest BCUT2D eigenvalue weighted by Gasteiger charge is -2.16. The lowest BCUT2D eigenvalue weighted by molar-refractivity contribution is 0.0689. The Morgan fingerprint density at radius 1 is 1.30 bits per heavy atom. The maximum atomic E-state index is 12.2. The summed E-state index contributed by atoms with van der Waals surface area (Å²) in [5, 5.41) is 12.0. The second-order valence-electron chi connectivity index (χ2n) is 5.49. The van der Waals surface area contributed by atoms with Gasteiger partial charge in [-0.3, -0.25) is 9.78 Å². The van der Waals surface area contributed by atoms with Crippen LogP contribution in [0.1, 0.15) is 59.9 Å². The number of carbonyl (C=O) groups is 2. The van der Waals surface area contributed by atoms with Crippen molar-refractivity contribution >= 4 is 11.9 Å². The van der Waals surface area contributed by atoms with Gasteiger partial charge in [0, 0.05) is 12.2 Å². The second kappa shape index (κ2) is 6.50. The zero-order chi connectivity index (χ0) is 14.5. The van der Waals surface area contributed by atoms with E-state index in [1.165, 1.54) is 24.8 Å². The molecule has 1 aliphatic carbocycles. The van der Waals surface area contributed by atoms with Crippen molar-refractivity contribution in [2.24, 2.45) is 5.92 Å². The van der Waals surface area contributed by atoms with E-state index in [1.807, 2.05) is 0 Å². The van der Waals surface area contributed by atoms with E-state index in [-0.39, 0.29) is 23.2 Å². The summed E-state index contributed by atoms with van der Waals surface area (Å²) >= 11 is 0. The normalized spacial score (nSPS) is 22.9. The third kappa shape index (κ3) is 3.56. The summed E-state index contributed by atoms with van der Waals surface area (Å²) < 4.78 is 0. The van der Waals surface area contributed by atoms with Crippen LogP contribution in [0.4, 0.5) is 0 Å². The Balaban J connectivity index is 2.06. The molecule has 1 aliphatic rings. The van der Waals surface area contributed by atoms with Crippen molar-refractivity contribution < 1.29 is 14.7 Å². The molecule has 5 nitrogen and oxygen atoms in total. The summed E-state index contributed by atoms with van der Waals surface area (Å²) in [5.74, 6) is -0.818. The average Bonchev–Trinajstić information content (AvgIpc) is 2.63. The summed E-state index contributed by atoms with van der Waals surface area (Å²) in [5.41, 5.74) is -0.0516. The largest absolute Gasteiger partial charge is 0.478 e. The van der Waals surface area contributed by atoms with Gasteiger partial charge in [0.2, 0.25) is 0 Å². The van der Waals surface area contributed by atoms with E-state index in [9.17, 15) is 9.59 Å². The van der Waals surface area contributed by atoms with Crippen LogP contribution in [0.5, 0.6) is 0 Å². The molecule has 0 saturated heterocycles. The van der Waals surface area contributed by atoms with Gasteiger partial charge in [0.15, 0.2) is 0 Å². The van der Waals surface area contributed by atoms with Crippen LogP contribution in [-0.2, 0) is 0 Å². The molecule has 2 rings (SSSR count). The first-order valence-corrected chi connectivity index (χ1v) is 7.07. The van der Waals surface area contributed by atoms with E-state index in [4.69, 9.17) is 5.11 Å². The van der Waals surface area contributed by atoms with Gasteiger partial charge >= 0.3 is 5.97 Å². The van der Waals surface area contributed by atoms with E-state index in [1.54, 1.807) is 0 Å². The number of aromatic nitrogens is 1. The fraction of sp³-hybridized carbons (Fsp3) is 0.533. The molecule has 108 valence electrons. The molecule has 0 aromatic carbocycles. The first kappa shape index (κ1) is 14.5. The molecule has 2 unspecified atom stereocenters. The molecule has 1 aromatic rings. The number of hydrogen-bond acceptors (Lipinski definition) is 3. The summed E-state index contributed by atoms with van der Waals surface area (Å²) in [6.45, 7) is 2.23. The van der Waals surface area contributed by atoms with Crippen molar-refractivity contribution in [1.82, 2.24) is 10.3 Å². The summed E-state index contributed by atoms with van der Waals surface area (Å²) in [6.07, 6.45) is 6.72. The predicted octanol–water partition coefficient (Wildman–Crippen LogP) is 2.48. The fourth-order valence-corrected chi connectivity index (χ4v) is 2.64. The number of carboxylic acids is 1.